The fourth-order valence-electron chi connectivity index (χ4n) is 0.989. The summed E-state index contributed by atoms with van der Waals surface area (Å²) in [6.45, 7) is 0. The van der Waals surface area contributed by atoms with Crippen LogP contribution in [0.5, 0.6) is 0 Å². The molecule has 0 saturated heterocycles. The molecule has 1 aliphatic rings. The van der Waals surface area contributed by atoms with Gasteiger partial charge in [-0.1, -0.05) is 18.2 Å². The highest BCUT2D eigenvalue weighted by Crippen LogP contribution is 1.99. The Morgan fingerprint density at radius 3 is 2.80 bits per heavy atom. The van der Waals surface area contributed by atoms with Crippen molar-refractivity contribution in [3.05, 3.63) is 24.3 Å². The second-order valence-electron chi connectivity index (χ2n) is 2.16. The van der Waals surface area contributed by atoms with E-state index in [1.54, 1.807) is 0 Å². The maximum absolute atomic E-state index is 4.12. The largest absolute Gasteiger partial charge is 0.309 e. The minimum atomic E-state index is 0.301. The fourth-order valence-corrected chi connectivity index (χ4v) is 0.989. The molecule has 2 nitrogen and oxygen atoms in total. The Bertz CT molecular complexity index is 189. The van der Waals surface area contributed by atoms with E-state index >= 15 is 0 Å². The molecule has 1 atom stereocenters. The lowest BCUT2D eigenvalue weighted by molar-refractivity contribution is 0.821. The van der Waals surface area contributed by atoms with Crippen LogP contribution in [-0.2, 0) is 0 Å². The molecule has 2 heteroatoms. The van der Waals surface area contributed by atoms with Gasteiger partial charge in [-0.05, 0) is 13.1 Å². The van der Waals surface area contributed by atoms with Gasteiger partial charge in [0.05, 0.1) is 11.8 Å². The predicted molar refractivity (Wildman–Crippen MR) is 44.5 cm³/mol. The summed E-state index contributed by atoms with van der Waals surface area (Å²) in [7, 11) is 3.74. The number of nitrogens with zero attached hydrogens (tertiary/aromatic N) is 1. The zero-order valence-corrected chi connectivity index (χ0v) is 6.33. The van der Waals surface area contributed by atoms with Crippen LogP contribution in [0.15, 0.2) is 29.3 Å². The first-order valence-corrected chi connectivity index (χ1v) is 3.37. The number of allylic oxidation sites excluding steroid dienone is 2. The molecule has 0 aromatic carbocycles. The molecule has 54 valence electrons. The summed E-state index contributed by atoms with van der Waals surface area (Å²) in [6.07, 6.45) is 8.12. The lowest BCUT2D eigenvalue weighted by Crippen LogP contribution is -2.31. The van der Waals surface area contributed by atoms with Crippen molar-refractivity contribution in [3.63, 3.8) is 0 Å². The van der Waals surface area contributed by atoms with Gasteiger partial charge in [0.25, 0.3) is 0 Å². The molecule has 0 bridgehead atoms. The number of aliphatic imine (C=N–C) groups is 1. The standard InChI is InChI=1S/C8H12N2/c1-9-7-5-3-4-6-8(7)10-2/h3-7,9H,1-2H3. The summed E-state index contributed by atoms with van der Waals surface area (Å²) in [5, 5.41) is 3.14. The minimum Gasteiger partial charge on any atom is -0.309 e. The van der Waals surface area contributed by atoms with E-state index < -0.39 is 0 Å². The Balaban J connectivity index is 2.74. The van der Waals surface area contributed by atoms with Crippen LogP contribution < -0.4 is 5.32 Å². The van der Waals surface area contributed by atoms with Crippen LogP contribution in [0.2, 0.25) is 0 Å². The third-order valence-corrected chi connectivity index (χ3v) is 1.57. The average Bonchev–Trinajstić information content (AvgIpc) is 2.04. The summed E-state index contributed by atoms with van der Waals surface area (Å²) in [4.78, 5) is 4.12. The molecule has 0 spiro atoms. The van der Waals surface area contributed by atoms with Gasteiger partial charge in [0.2, 0.25) is 0 Å². The summed E-state index contributed by atoms with van der Waals surface area (Å²) in [6, 6.07) is 0.301. The van der Waals surface area contributed by atoms with Crippen molar-refractivity contribution in [1.29, 1.82) is 0 Å². The lowest BCUT2D eigenvalue weighted by atomic mass is 10.1. The van der Waals surface area contributed by atoms with Crippen molar-refractivity contribution in [2.75, 3.05) is 14.1 Å². The maximum atomic E-state index is 4.12. The van der Waals surface area contributed by atoms with Crippen LogP contribution in [0.25, 0.3) is 0 Å². The third kappa shape index (κ3) is 1.33. The van der Waals surface area contributed by atoms with Gasteiger partial charge in [-0.25, -0.2) is 0 Å². The van der Waals surface area contributed by atoms with Crippen LogP contribution >= 0.6 is 0 Å². The van der Waals surface area contributed by atoms with Crippen LogP contribution in [0.3, 0.4) is 0 Å². The number of likely N-dealkylation sites (N-methyl/N-ethyl adjacent to an activating group) is 1. The monoisotopic (exact) mass is 136 g/mol. The maximum Gasteiger partial charge on any atom is 0.0677 e. The first-order valence-electron chi connectivity index (χ1n) is 3.37. The Hall–Kier alpha value is -0.890. The zero-order chi connectivity index (χ0) is 7.40. The molecule has 0 amide bonds. The molecule has 0 aromatic heterocycles. The molecule has 0 heterocycles. The molecule has 1 aliphatic carbocycles. The van der Waals surface area contributed by atoms with E-state index in [-0.39, 0.29) is 0 Å². The normalized spacial score (nSPS) is 27.8. The zero-order valence-electron chi connectivity index (χ0n) is 6.33. The number of nitrogens with one attached hydrogen (secondary N) is 1. The smallest absolute Gasteiger partial charge is 0.0677 e. The van der Waals surface area contributed by atoms with Crippen molar-refractivity contribution in [3.8, 4) is 0 Å². The van der Waals surface area contributed by atoms with Crippen molar-refractivity contribution in [1.82, 2.24) is 5.32 Å². The summed E-state index contributed by atoms with van der Waals surface area (Å²) in [5.74, 6) is 0. The van der Waals surface area contributed by atoms with E-state index in [4.69, 9.17) is 0 Å². The highest BCUT2D eigenvalue weighted by molar-refractivity contribution is 6.01. The number of hydrogen-bond acceptors (Lipinski definition) is 2. The second-order valence-corrected chi connectivity index (χ2v) is 2.16. The molecular formula is C8H12N2. The van der Waals surface area contributed by atoms with Gasteiger partial charge in [-0.15, -0.1) is 0 Å². The Labute approximate surface area is 61.4 Å². The topological polar surface area (TPSA) is 24.4 Å². The Morgan fingerprint density at radius 1 is 1.50 bits per heavy atom. The molecule has 1 N–H and O–H groups in total. The van der Waals surface area contributed by atoms with E-state index in [1.165, 1.54) is 0 Å². The summed E-state index contributed by atoms with van der Waals surface area (Å²) < 4.78 is 0. The molecule has 0 aromatic rings. The SMILES string of the molecule is CN=C1C=CC=CC1NC. The van der Waals surface area contributed by atoms with Crippen LogP contribution in [0, 0.1) is 0 Å². The van der Waals surface area contributed by atoms with Crippen molar-refractivity contribution < 1.29 is 0 Å². The molecule has 1 rings (SSSR count). The van der Waals surface area contributed by atoms with Gasteiger partial charge in [-0.3, -0.25) is 4.99 Å². The van der Waals surface area contributed by atoms with E-state index in [0.717, 1.165) is 5.71 Å². The first kappa shape index (κ1) is 7.22. The Kier molecular flexibility index (Phi) is 2.40. The first-order chi connectivity index (χ1) is 4.88. The van der Waals surface area contributed by atoms with E-state index in [2.05, 4.69) is 16.4 Å². The highest BCUT2D eigenvalue weighted by Gasteiger charge is 2.07. The minimum absolute atomic E-state index is 0.301. The van der Waals surface area contributed by atoms with Gasteiger partial charge in [0.15, 0.2) is 0 Å². The lowest BCUT2D eigenvalue weighted by Gasteiger charge is -2.13. The quantitative estimate of drug-likeness (QED) is 0.565. The van der Waals surface area contributed by atoms with Gasteiger partial charge in [0, 0.05) is 7.05 Å². The Morgan fingerprint density at radius 2 is 2.30 bits per heavy atom. The predicted octanol–water partition coefficient (Wildman–Crippen LogP) is 0.771. The molecule has 0 aliphatic heterocycles. The van der Waals surface area contributed by atoms with Gasteiger partial charge in [-0.2, -0.15) is 0 Å². The molecule has 0 saturated carbocycles. The van der Waals surface area contributed by atoms with Gasteiger partial charge >= 0.3 is 0 Å². The third-order valence-electron chi connectivity index (χ3n) is 1.57. The van der Waals surface area contributed by atoms with Gasteiger partial charge in [0.1, 0.15) is 0 Å². The van der Waals surface area contributed by atoms with E-state index in [1.807, 2.05) is 32.3 Å². The molecule has 0 radical (unpaired) electrons. The van der Waals surface area contributed by atoms with Gasteiger partial charge < -0.3 is 5.32 Å². The van der Waals surface area contributed by atoms with Crippen LogP contribution in [0.4, 0.5) is 0 Å². The molecular weight excluding hydrogens is 124 g/mol. The fraction of sp³-hybridized carbons (Fsp3) is 0.375. The van der Waals surface area contributed by atoms with Crippen LogP contribution in [-0.4, -0.2) is 25.8 Å². The number of hydrogen-bond donors (Lipinski definition) is 1. The molecule has 10 heavy (non-hydrogen) atoms. The van der Waals surface area contributed by atoms with E-state index in [9.17, 15) is 0 Å². The number of rotatable bonds is 1. The van der Waals surface area contributed by atoms with Crippen molar-refractivity contribution in [2.24, 2.45) is 4.99 Å². The summed E-state index contributed by atoms with van der Waals surface area (Å²) >= 11 is 0. The molecule has 0 fully saturated rings. The summed E-state index contributed by atoms with van der Waals surface area (Å²) in [5.41, 5.74) is 1.09. The van der Waals surface area contributed by atoms with E-state index in [0.29, 0.717) is 6.04 Å². The van der Waals surface area contributed by atoms with Crippen LogP contribution in [0.1, 0.15) is 0 Å². The van der Waals surface area contributed by atoms with Crippen molar-refractivity contribution >= 4 is 5.71 Å². The second kappa shape index (κ2) is 3.32. The molecule has 1 unspecified atom stereocenters. The van der Waals surface area contributed by atoms with Crippen molar-refractivity contribution in [2.45, 2.75) is 6.04 Å². The average molecular weight is 136 g/mol. The highest BCUT2D eigenvalue weighted by atomic mass is 14.9.